The highest BCUT2D eigenvalue weighted by molar-refractivity contribution is 6.31. The fourth-order valence-electron chi connectivity index (χ4n) is 2.51. The number of fused-ring (bicyclic) bond motifs is 1. The molecule has 0 bridgehead atoms. The predicted octanol–water partition coefficient (Wildman–Crippen LogP) is 5.53. The van der Waals surface area contributed by atoms with E-state index in [1.807, 2.05) is 13.0 Å². The molecule has 0 fully saturated rings. The summed E-state index contributed by atoms with van der Waals surface area (Å²) in [6.45, 7) is 6.36. The number of halogens is 2. The molecular weight excluding hydrogens is 293 g/mol. The first-order chi connectivity index (χ1) is 9.54. The molecule has 0 saturated heterocycles. The number of unbranched alkanes of at least 4 members (excludes halogenated alkanes) is 2. The second-order valence-corrected chi connectivity index (χ2v) is 6.39. The van der Waals surface area contributed by atoms with Gasteiger partial charge in [0.05, 0.1) is 10.4 Å². The molecule has 0 aliphatic heterocycles. The summed E-state index contributed by atoms with van der Waals surface area (Å²) in [7, 11) is 0. The molecule has 2 aromatic heterocycles. The lowest BCUT2D eigenvalue weighted by Gasteiger charge is -2.17. The van der Waals surface area contributed by atoms with E-state index in [-0.39, 0.29) is 5.38 Å². The lowest BCUT2D eigenvalue weighted by Crippen LogP contribution is -2.10. The molecule has 5 heteroatoms. The molecule has 20 heavy (non-hydrogen) atoms. The monoisotopic (exact) mass is 313 g/mol. The average Bonchev–Trinajstić information content (AvgIpc) is 2.77. The topological polar surface area (TPSA) is 30.7 Å². The van der Waals surface area contributed by atoms with Crippen molar-refractivity contribution < 1.29 is 0 Å². The number of pyridine rings is 1. The van der Waals surface area contributed by atoms with E-state index in [1.165, 1.54) is 19.3 Å². The highest BCUT2D eigenvalue weighted by Gasteiger charge is 2.19. The predicted molar refractivity (Wildman–Crippen MR) is 85.7 cm³/mol. The second kappa shape index (κ2) is 6.77. The normalized spacial score (nSPS) is 14.7. The number of aromatic nitrogens is 3. The van der Waals surface area contributed by atoms with Gasteiger partial charge in [-0.1, -0.05) is 37.8 Å². The summed E-state index contributed by atoms with van der Waals surface area (Å²) >= 11 is 12.3. The van der Waals surface area contributed by atoms with Crippen LogP contribution in [0.15, 0.2) is 12.3 Å². The van der Waals surface area contributed by atoms with E-state index in [4.69, 9.17) is 23.2 Å². The Morgan fingerprint density at radius 3 is 2.70 bits per heavy atom. The second-order valence-electron chi connectivity index (χ2n) is 5.30. The van der Waals surface area contributed by atoms with Crippen molar-refractivity contribution in [1.82, 2.24) is 14.5 Å². The van der Waals surface area contributed by atoms with Crippen LogP contribution in [0, 0.1) is 0 Å². The number of alkyl halides is 1. The Balaban J connectivity index is 2.40. The molecule has 0 N–H and O–H groups in total. The molecule has 2 unspecified atom stereocenters. The van der Waals surface area contributed by atoms with E-state index < -0.39 is 0 Å². The number of nitrogens with zero attached hydrogens (tertiary/aromatic N) is 3. The summed E-state index contributed by atoms with van der Waals surface area (Å²) in [4.78, 5) is 9.05. The highest BCUT2D eigenvalue weighted by Crippen LogP contribution is 2.30. The number of hydrogen-bond acceptors (Lipinski definition) is 2. The third kappa shape index (κ3) is 3.26. The van der Waals surface area contributed by atoms with E-state index in [1.54, 1.807) is 6.20 Å². The standard InChI is InChI=1S/C15H21Cl2N3/c1-4-5-6-7-10(2)20-14(11(3)16)19-13-8-12(17)9-18-15(13)20/h8-11H,4-7H2,1-3H3. The SMILES string of the molecule is CCCCCC(C)n1c(C(C)Cl)nc2cc(Cl)cnc21. The zero-order chi connectivity index (χ0) is 14.7. The maximum absolute atomic E-state index is 6.28. The van der Waals surface area contributed by atoms with Crippen LogP contribution in [0.4, 0.5) is 0 Å². The van der Waals surface area contributed by atoms with Gasteiger partial charge in [0.15, 0.2) is 5.65 Å². The molecule has 0 aliphatic carbocycles. The molecule has 0 spiro atoms. The molecule has 2 aromatic rings. The molecule has 2 atom stereocenters. The van der Waals surface area contributed by atoms with Crippen molar-refractivity contribution in [2.75, 3.05) is 0 Å². The maximum atomic E-state index is 6.28. The maximum Gasteiger partial charge on any atom is 0.160 e. The molecular formula is C15H21Cl2N3. The van der Waals surface area contributed by atoms with Gasteiger partial charge in [-0.3, -0.25) is 0 Å². The van der Waals surface area contributed by atoms with E-state index in [0.717, 1.165) is 23.4 Å². The van der Waals surface area contributed by atoms with Crippen molar-refractivity contribution in [2.45, 2.75) is 57.9 Å². The lowest BCUT2D eigenvalue weighted by molar-refractivity contribution is 0.470. The van der Waals surface area contributed by atoms with Gasteiger partial charge < -0.3 is 4.57 Å². The Hall–Kier alpha value is -0.800. The van der Waals surface area contributed by atoms with Gasteiger partial charge in [0, 0.05) is 12.2 Å². The van der Waals surface area contributed by atoms with Crippen LogP contribution >= 0.6 is 23.2 Å². The third-order valence-corrected chi connectivity index (χ3v) is 3.95. The molecule has 3 nitrogen and oxygen atoms in total. The van der Waals surface area contributed by atoms with Gasteiger partial charge in [-0.05, 0) is 26.3 Å². The fourth-order valence-corrected chi connectivity index (χ4v) is 2.82. The van der Waals surface area contributed by atoms with Crippen LogP contribution < -0.4 is 0 Å². The summed E-state index contributed by atoms with van der Waals surface area (Å²) in [6.07, 6.45) is 6.47. The number of imidazole rings is 1. The quantitative estimate of drug-likeness (QED) is 0.519. The first-order valence-corrected chi connectivity index (χ1v) is 8.03. The van der Waals surface area contributed by atoms with Gasteiger partial charge >= 0.3 is 0 Å². The summed E-state index contributed by atoms with van der Waals surface area (Å²) in [5.74, 6) is 0.875. The Morgan fingerprint density at radius 1 is 1.30 bits per heavy atom. The number of hydrogen-bond donors (Lipinski definition) is 0. The molecule has 0 radical (unpaired) electrons. The smallest absolute Gasteiger partial charge is 0.160 e. The van der Waals surface area contributed by atoms with Crippen molar-refractivity contribution in [3.8, 4) is 0 Å². The molecule has 0 amide bonds. The van der Waals surface area contributed by atoms with E-state index >= 15 is 0 Å². The van der Waals surface area contributed by atoms with Crippen LogP contribution in [0.1, 0.15) is 63.7 Å². The minimum Gasteiger partial charge on any atom is -0.309 e. The first kappa shape index (κ1) is 15.6. The largest absolute Gasteiger partial charge is 0.309 e. The van der Waals surface area contributed by atoms with E-state index in [0.29, 0.717) is 11.1 Å². The van der Waals surface area contributed by atoms with Crippen LogP contribution in [0.25, 0.3) is 11.2 Å². The van der Waals surface area contributed by atoms with Crippen LogP contribution in [-0.4, -0.2) is 14.5 Å². The van der Waals surface area contributed by atoms with E-state index in [2.05, 4.69) is 28.4 Å². The van der Waals surface area contributed by atoms with Crippen molar-refractivity contribution >= 4 is 34.4 Å². The van der Waals surface area contributed by atoms with E-state index in [9.17, 15) is 0 Å². The average molecular weight is 314 g/mol. The van der Waals surface area contributed by atoms with Gasteiger partial charge in [0.1, 0.15) is 11.3 Å². The molecule has 110 valence electrons. The highest BCUT2D eigenvalue weighted by atomic mass is 35.5. The molecule has 0 saturated carbocycles. The fraction of sp³-hybridized carbons (Fsp3) is 0.600. The van der Waals surface area contributed by atoms with Gasteiger partial charge in [-0.25, -0.2) is 9.97 Å². The zero-order valence-corrected chi connectivity index (χ0v) is 13.7. The van der Waals surface area contributed by atoms with Gasteiger partial charge in [0.2, 0.25) is 0 Å². The van der Waals surface area contributed by atoms with Gasteiger partial charge in [0.25, 0.3) is 0 Å². The van der Waals surface area contributed by atoms with Crippen molar-refractivity contribution in [2.24, 2.45) is 0 Å². The van der Waals surface area contributed by atoms with Gasteiger partial charge in [-0.2, -0.15) is 0 Å². The van der Waals surface area contributed by atoms with Crippen molar-refractivity contribution in [1.29, 1.82) is 0 Å². The van der Waals surface area contributed by atoms with Crippen LogP contribution in [-0.2, 0) is 0 Å². The first-order valence-electron chi connectivity index (χ1n) is 7.22. The van der Waals surface area contributed by atoms with Crippen molar-refractivity contribution in [3.05, 3.63) is 23.1 Å². The van der Waals surface area contributed by atoms with Gasteiger partial charge in [-0.15, -0.1) is 11.6 Å². The summed E-state index contributed by atoms with van der Waals surface area (Å²) in [6, 6.07) is 2.19. The molecule has 0 aromatic carbocycles. The lowest BCUT2D eigenvalue weighted by atomic mass is 10.1. The molecule has 2 rings (SSSR count). The molecule has 0 aliphatic rings. The minimum absolute atomic E-state index is 0.142. The Bertz CT molecular complexity index is 578. The minimum atomic E-state index is -0.142. The molecule has 2 heterocycles. The summed E-state index contributed by atoms with van der Waals surface area (Å²) in [5.41, 5.74) is 1.70. The van der Waals surface area contributed by atoms with Crippen LogP contribution in [0.2, 0.25) is 5.02 Å². The van der Waals surface area contributed by atoms with Crippen LogP contribution in [0.5, 0.6) is 0 Å². The summed E-state index contributed by atoms with van der Waals surface area (Å²) < 4.78 is 2.17. The summed E-state index contributed by atoms with van der Waals surface area (Å²) in [5, 5.41) is 0.464. The van der Waals surface area contributed by atoms with Crippen molar-refractivity contribution in [3.63, 3.8) is 0 Å². The number of rotatable bonds is 6. The zero-order valence-electron chi connectivity index (χ0n) is 12.2. The van der Waals surface area contributed by atoms with Crippen LogP contribution in [0.3, 0.4) is 0 Å². The third-order valence-electron chi connectivity index (χ3n) is 3.55. The Kier molecular flexibility index (Phi) is 5.28. The Labute approximate surface area is 130 Å². The Morgan fingerprint density at radius 2 is 2.05 bits per heavy atom.